The SMILES string of the molecule is CNC1(CO)CCCC1CCN1CC(OC)C(OC)C1. The van der Waals surface area contributed by atoms with Gasteiger partial charge in [-0.05, 0) is 38.8 Å². The van der Waals surface area contributed by atoms with Crippen LogP contribution in [0.4, 0.5) is 0 Å². The molecular formula is C15H30N2O3. The standard InChI is InChI=1S/C15H30N2O3/c1-16-15(11-18)7-4-5-12(15)6-8-17-9-13(19-2)14(10-17)20-3/h12-14,16,18H,4-11H2,1-3H3. The first kappa shape index (κ1) is 16.2. The van der Waals surface area contributed by atoms with Gasteiger partial charge >= 0.3 is 0 Å². The fourth-order valence-corrected chi connectivity index (χ4v) is 3.97. The fourth-order valence-electron chi connectivity index (χ4n) is 3.97. The molecule has 118 valence electrons. The molecule has 0 bridgehead atoms. The van der Waals surface area contributed by atoms with Gasteiger partial charge in [-0.15, -0.1) is 0 Å². The Bertz CT molecular complexity index is 285. The average Bonchev–Trinajstić information content (AvgIpc) is 3.08. The third kappa shape index (κ3) is 3.17. The molecule has 4 atom stereocenters. The molecule has 4 unspecified atom stereocenters. The zero-order valence-corrected chi connectivity index (χ0v) is 13.1. The maximum atomic E-state index is 9.72. The van der Waals surface area contributed by atoms with E-state index >= 15 is 0 Å². The summed E-state index contributed by atoms with van der Waals surface area (Å²) in [6.07, 6.45) is 5.04. The first-order chi connectivity index (χ1) is 9.69. The first-order valence-electron chi connectivity index (χ1n) is 7.76. The Labute approximate surface area is 122 Å². The van der Waals surface area contributed by atoms with Crippen LogP contribution in [0, 0.1) is 5.92 Å². The van der Waals surface area contributed by atoms with Gasteiger partial charge in [-0.3, -0.25) is 4.90 Å². The Morgan fingerprint density at radius 3 is 2.40 bits per heavy atom. The second kappa shape index (κ2) is 7.18. The summed E-state index contributed by atoms with van der Waals surface area (Å²) in [4.78, 5) is 2.43. The van der Waals surface area contributed by atoms with E-state index in [1.165, 1.54) is 12.8 Å². The van der Waals surface area contributed by atoms with Crippen LogP contribution in [0.3, 0.4) is 0 Å². The molecule has 2 N–H and O–H groups in total. The van der Waals surface area contributed by atoms with Gasteiger partial charge in [0, 0.05) is 32.8 Å². The van der Waals surface area contributed by atoms with Gasteiger partial charge in [0.1, 0.15) is 0 Å². The van der Waals surface area contributed by atoms with Crippen LogP contribution in [0.25, 0.3) is 0 Å². The number of aliphatic hydroxyl groups excluding tert-OH is 1. The highest BCUT2D eigenvalue weighted by Gasteiger charge is 2.41. The largest absolute Gasteiger partial charge is 0.394 e. The Kier molecular flexibility index (Phi) is 5.81. The molecule has 0 spiro atoms. The van der Waals surface area contributed by atoms with E-state index in [1.54, 1.807) is 14.2 Å². The number of nitrogens with one attached hydrogen (secondary N) is 1. The van der Waals surface area contributed by atoms with Gasteiger partial charge in [0.15, 0.2) is 0 Å². The zero-order chi connectivity index (χ0) is 14.6. The summed E-state index contributed by atoms with van der Waals surface area (Å²) in [5.74, 6) is 0.570. The maximum Gasteiger partial charge on any atom is 0.0971 e. The van der Waals surface area contributed by atoms with Gasteiger partial charge in [0.05, 0.1) is 18.8 Å². The fraction of sp³-hybridized carbons (Fsp3) is 1.00. The lowest BCUT2D eigenvalue weighted by Gasteiger charge is -2.34. The van der Waals surface area contributed by atoms with Crippen molar-refractivity contribution in [3.8, 4) is 0 Å². The summed E-state index contributed by atoms with van der Waals surface area (Å²) in [5, 5.41) is 13.1. The van der Waals surface area contributed by atoms with Crippen molar-refractivity contribution >= 4 is 0 Å². The zero-order valence-electron chi connectivity index (χ0n) is 13.1. The van der Waals surface area contributed by atoms with Crippen LogP contribution >= 0.6 is 0 Å². The molecule has 20 heavy (non-hydrogen) atoms. The highest BCUT2D eigenvalue weighted by molar-refractivity contribution is 4.98. The first-order valence-corrected chi connectivity index (χ1v) is 7.76. The monoisotopic (exact) mass is 286 g/mol. The lowest BCUT2D eigenvalue weighted by atomic mass is 9.85. The van der Waals surface area contributed by atoms with Crippen molar-refractivity contribution in [2.45, 2.75) is 43.4 Å². The molecule has 0 aromatic carbocycles. The maximum absolute atomic E-state index is 9.72. The number of aliphatic hydroxyl groups is 1. The highest BCUT2D eigenvalue weighted by Crippen LogP contribution is 2.37. The summed E-state index contributed by atoms with van der Waals surface area (Å²) >= 11 is 0. The van der Waals surface area contributed by atoms with Gasteiger partial charge in [-0.25, -0.2) is 0 Å². The van der Waals surface area contributed by atoms with Gasteiger partial charge < -0.3 is 19.9 Å². The highest BCUT2D eigenvalue weighted by atomic mass is 16.5. The minimum Gasteiger partial charge on any atom is -0.394 e. The third-order valence-electron chi connectivity index (χ3n) is 5.43. The van der Waals surface area contributed by atoms with Crippen molar-refractivity contribution < 1.29 is 14.6 Å². The summed E-state index contributed by atoms with van der Waals surface area (Å²) in [6, 6.07) is 0. The topological polar surface area (TPSA) is 54.0 Å². The Balaban J connectivity index is 1.84. The third-order valence-corrected chi connectivity index (χ3v) is 5.43. The number of hydrogen-bond acceptors (Lipinski definition) is 5. The van der Waals surface area contributed by atoms with Crippen molar-refractivity contribution in [1.82, 2.24) is 10.2 Å². The normalized spacial score (nSPS) is 38.7. The van der Waals surface area contributed by atoms with Crippen LogP contribution in [0.1, 0.15) is 25.7 Å². The van der Waals surface area contributed by atoms with E-state index in [0.717, 1.165) is 32.5 Å². The quantitative estimate of drug-likeness (QED) is 0.713. The molecule has 0 aromatic heterocycles. The molecule has 5 nitrogen and oxygen atoms in total. The molecular weight excluding hydrogens is 256 g/mol. The summed E-state index contributed by atoms with van der Waals surface area (Å²) in [6.45, 7) is 3.21. The number of likely N-dealkylation sites (tertiary alicyclic amines) is 1. The molecule has 1 aliphatic heterocycles. The van der Waals surface area contributed by atoms with Crippen molar-refractivity contribution in [2.75, 3.05) is 47.5 Å². The summed E-state index contributed by atoms with van der Waals surface area (Å²) < 4.78 is 11.0. The van der Waals surface area contributed by atoms with Gasteiger partial charge in [0.25, 0.3) is 0 Å². The van der Waals surface area contributed by atoms with Crippen molar-refractivity contribution in [3.05, 3.63) is 0 Å². The molecule has 1 saturated carbocycles. The number of rotatable bonds is 7. The van der Waals surface area contributed by atoms with Crippen LogP contribution < -0.4 is 5.32 Å². The van der Waals surface area contributed by atoms with Crippen LogP contribution in [-0.2, 0) is 9.47 Å². The van der Waals surface area contributed by atoms with Crippen molar-refractivity contribution in [2.24, 2.45) is 5.92 Å². The Morgan fingerprint density at radius 1 is 1.25 bits per heavy atom. The van der Waals surface area contributed by atoms with Crippen molar-refractivity contribution in [3.63, 3.8) is 0 Å². The van der Waals surface area contributed by atoms with E-state index in [9.17, 15) is 5.11 Å². The van der Waals surface area contributed by atoms with E-state index in [1.807, 2.05) is 7.05 Å². The summed E-state index contributed by atoms with van der Waals surface area (Å²) in [5.41, 5.74) is -0.0545. The molecule has 2 aliphatic rings. The molecule has 1 heterocycles. The van der Waals surface area contributed by atoms with Gasteiger partial charge in [-0.2, -0.15) is 0 Å². The van der Waals surface area contributed by atoms with E-state index < -0.39 is 0 Å². The van der Waals surface area contributed by atoms with E-state index in [4.69, 9.17) is 9.47 Å². The minimum atomic E-state index is -0.0545. The van der Waals surface area contributed by atoms with Crippen LogP contribution in [0.15, 0.2) is 0 Å². The molecule has 0 amide bonds. The predicted molar refractivity (Wildman–Crippen MR) is 78.9 cm³/mol. The Hall–Kier alpha value is -0.200. The van der Waals surface area contributed by atoms with Crippen LogP contribution in [-0.4, -0.2) is 75.3 Å². The molecule has 2 fully saturated rings. The lowest BCUT2D eigenvalue weighted by Crippen LogP contribution is -2.50. The Morgan fingerprint density at radius 2 is 1.90 bits per heavy atom. The number of nitrogens with zero attached hydrogens (tertiary/aromatic N) is 1. The minimum absolute atomic E-state index is 0.0545. The van der Waals surface area contributed by atoms with E-state index in [0.29, 0.717) is 5.92 Å². The molecule has 2 rings (SSSR count). The number of hydrogen-bond donors (Lipinski definition) is 2. The number of ether oxygens (including phenoxy) is 2. The van der Waals surface area contributed by atoms with Gasteiger partial charge in [0.2, 0.25) is 0 Å². The van der Waals surface area contributed by atoms with Crippen LogP contribution in [0.2, 0.25) is 0 Å². The number of methoxy groups -OCH3 is 2. The molecule has 5 heteroatoms. The van der Waals surface area contributed by atoms with Crippen molar-refractivity contribution in [1.29, 1.82) is 0 Å². The molecule has 0 aromatic rings. The molecule has 1 saturated heterocycles. The predicted octanol–water partition coefficient (Wildman–Crippen LogP) is 0.473. The smallest absolute Gasteiger partial charge is 0.0971 e. The second-order valence-corrected chi connectivity index (χ2v) is 6.25. The molecule has 1 aliphatic carbocycles. The van der Waals surface area contributed by atoms with E-state index in [-0.39, 0.29) is 24.4 Å². The molecule has 0 radical (unpaired) electrons. The number of likely N-dealkylation sites (N-methyl/N-ethyl adjacent to an activating group) is 1. The second-order valence-electron chi connectivity index (χ2n) is 6.25. The average molecular weight is 286 g/mol. The summed E-state index contributed by atoms with van der Waals surface area (Å²) in [7, 11) is 5.50. The lowest BCUT2D eigenvalue weighted by molar-refractivity contribution is -0.00461. The van der Waals surface area contributed by atoms with Gasteiger partial charge in [-0.1, -0.05) is 6.42 Å². The van der Waals surface area contributed by atoms with Crippen LogP contribution in [0.5, 0.6) is 0 Å². The van der Waals surface area contributed by atoms with E-state index in [2.05, 4.69) is 10.2 Å².